The van der Waals surface area contributed by atoms with Crippen molar-refractivity contribution in [3.8, 4) is 6.07 Å². The third kappa shape index (κ3) is 3.95. The number of carbonyl (C=O) groups excluding carboxylic acids is 1. The van der Waals surface area contributed by atoms with Crippen molar-refractivity contribution in [2.24, 2.45) is 0 Å². The van der Waals surface area contributed by atoms with Crippen LogP contribution in [0.5, 0.6) is 0 Å². The largest absolute Gasteiger partial charge is 0.416 e. The molecule has 5 nitrogen and oxygen atoms in total. The zero-order chi connectivity index (χ0) is 19.8. The summed E-state index contributed by atoms with van der Waals surface area (Å²) in [6, 6.07) is 4.89. The number of nitrogens with zero attached hydrogens (tertiary/aromatic N) is 2. The van der Waals surface area contributed by atoms with E-state index in [1.807, 2.05) is 5.32 Å². The molecule has 0 atom stereocenters. The Morgan fingerprint density at radius 1 is 1.11 bits per heavy atom. The van der Waals surface area contributed by atoms with Gasteiger partial charge in [-0.2, -0.15) is 18.4 Å². The van der Waals surface area contributed by atoms with Gasteiger partial charge in [0.05, 0.1) is 27.4 Å². The fourth-order valence-corrected chi connectivity index (χ4v) is 3.05. The van der Waals surface area contributed by atoms with Crippen LogP contribution in [0.25, 0.3) is 10.2 Å². The van der Waals surface area contributed by atoms with Crippen molar-refractivity contribution in [1.82, 2.24) is 4.98 Å². The minimum Gasteiger partial charge on any atom is -0.302 e. The van der Waals surface area contributed by atoms with Gasteiger partial charge in [-0.15, -0.1) is 0 Å². The molecule has 2 N–H and O–H groups in total. The van der Waals surface area contributed by atoms with Crippen molar-refractivity contribution in [3.63, 3.8) is 0 Å². The topological polar surface area (TPSA) is 77.8 Å². The van der Waals surface area contributed by atoms with Gasteiger partial charge in [0.15, 0.2) is 16.8 Å². The molecule has 0 bridgehead atoms. The molecule has 0 radical (unpaired) electrons. The first kappa shape index (κ1) is 18.5. The van der Waals surface area contributed by atoms with E-state index < -0.39 is 35.1 Å². The molecule has 0 saturated heterocycles. The van der Waals surface area contributed by atoms with Crippen LogP contribution in [-0.4, -0.2) is 11.0 Å². The van der Waals surface area contributed by atoms with Crippen LogP contribution in [0.3, 0.4) is 0 Å². The van der Waals surface area contributed by atoms with Crippen LogP contribution >= 0.6 is 11.3 Å². The lowest BCUT2D eigenvalue weighted by atomic mass is 10.2. The average molecular weight is 398 g/mol. The molecule has 3 aromatic rings. The molecule has 0 aliphatic carbocycles. The van der Waals surface area contributed by atoms with Gasteiger partial charge in [0.25, 0.3) is 0 Å². The predicted octanol–water partition coefficient (Wildman–Crippen LogP) is 5.11. The smallest absolute Gasteiger partial charge is 0.302 e. The Kier molecular flexibility index (Phi) is 4.67. The van der Waals surface area contributed by atoms with Crippen LogP contribution in [-0.2, 0) is 6.18 Å². The Morgan fingerprint density at radius 3 is 2.37 bits per heavy atom. The van der Waals surface area contributed by atoms with Gasteiger partial charge in [-0.25, -0.2) is 18.6 Å². The molecule has 0 spiro atoms. The number of alkyl halides is 3. The van der Waals surface area contributed by atoms with Crippen LogP contribution < -0.4 is 10.6 Å². The summed E-state index contributed by atoms with van der Waals surface area (Å²) in [5.41, 5.74) is -1.68. The van der Waals surface area contributed by atoms with Crippen LogP contribution in [0.4, 0.5) is 37.6 Å². The number of nitriles is 1. The maximum Gasteiger partial charge on any atom is 0.416 e. The predicted molar refractivity (Wildman–Crippen MR) is 88.3 cm³/mol. The second-order valence-corrected chi connectivity index (χ2v) is 6.24. The van der Waals surface area contributed by atoms with E-state index in [1.165, 1.54) is 0 Å². The average Bonchev–Trinajstić information content (AvgIpc) is 2.98. The lowest BCUT2D eigenvalue weighted by Gasteiger charge is -2.08. The first-order valence-corrected chi connectivity index (χ1v) is 7.94. The first-order chi connectivity index (χ1) is 12.7. The van der Waals surface area contributed by atoms with E-state index in [1.54, 1.807) is 6.07 Å². The molecule has 1 heterocycles. The van der Waals surface area contributed by atoms with Gasteiger partial charge in [-0.1, -0.05) is 11.3 Å². The van der Waals surface area contributed by atoms with Gasteiger partial charge >= 0.3 is 12.2 Å². The molecule has 138 valence electrons. The number of hydrogen-bond donors (Lipinski definition) is 2. The minimum absolute atomic E-state index is 0.0590. The highest BCUT2D eigenvalue weighted by Crippen LogP contribution is 2.34. The van der Waals surface area contributed by atoms with E-state index in [9.17, 15) is 26.7 Å². The van der Waals surface area contributed by atoms with E-state index in [2.05, 4.69) is 10.3 Å². The normalized spacial score (nSPS) is 11.3. The molecular weight excluding hydrogens is 391 g/mol. The highest BCUT2D eigenvalue weighted by molar-refractivity contribution is 7.22. The van der Waals surface area contributed by atoms with Crippen LogP contribution in [0.1, 0.15) is 11.1 Å². The van der Waals surface area contributed by atoms with Crippen molar-refractivity contribution in [2.45, 2.75) is 6.18 Å². The van der Waals surface area contributed by atoms with E-state index in [0.29, 0.717) is 0 Å². The fraction of sp³-hybridized carbons (Fsp3) is 0.0625. The fourth-order valence-electron chi connectivity index (χ4n) is 2.15. The number of rotatable bonds is 2. The molecule has 0 aliphatic heterocycles. The van der Waals surface area contributed by atoms with Crippen molar-refractivity contribution in [2.75, 3.05) is 10.6 Å². The SMILES string of the molecule is N#Cc1cc(F)c(NC(=O)Nc2nc3ccc(C(F)(F)F)cc3s2)c(F)c1. The Morgan fingerprint density at radius 2 is 1.78 bits per heavy atom. The molecule has 2 aromatic carbocycles. The monoisotopic (exact) mass is 398 g/mol. The first-order valence-electron chi connectivity index (χ1n) is 7.12. The van der Waals surface area contributed by atoms with Crippen molar-refractivity contribution in [1.29, 1.82) is 5.26 Å². The van der Waals surface area contributed by atoms with Gasteiger partial charge < -0.3 is 5.32 Å². The highest BCUT2D eigenvalue weighted by Gasteiger charge is 2.30. The van der Waals surface area contributed by atoms with Crippen LogP contribution in [0.15, 0.2) is 30.3 Å². The summed E-state index contributed by atoms with van der Waals surface area (Å²) in [5, 5.41) is 12.7. The van der Waals surface area contributed by atoms with Crippen LogP contribution in [0.2, 0.25) is 0 Å². The number of fused-ring (bicyclic) bond motifs is 1. The van der Waals surface area contributed by atoms with Gasteiger partial charge in [0.2, 0.25) is 0 Å². The second kappa shape index (κ2) is 6.81. The molecule has 27 heavy (non-hydrogen) atoms. The summed E-state index contributed by atoms with van der Waals surface area (Å²) in [4.78, 5) is 15.8. The zero-order valence-electron chi connectivity index (χ0n) is 13.0. The van der Waals surface area contributed by atoms with Crippen molar-refractivity contribution < 1.29 is 26.7 Å². The zero-order valence-corrected chi connectivity index (χ0v) is 13.8. The van der Waals surface area contributed by atoms with Gasteiger partial charge in [-0.05, 0) is 30.3 Å². The summed E-state index contributed by atoms with van der Waals surface area (Å²) in [5.74, 6) is -2.30. The van der Waals surface area contributed by atoms with Gasteiger partial charge in [0.1, 0.15) is 5.69 Å². The molecule has 0 saturated carbocycles. The Labute approximate surface area is 152 Å². The standard InChI is InChI=1S/C16H7F5N4OS/c17-9-3-7(6-22)4-10(18)13(9)24-14(26)25-15-23-11-2-1-8(16(19,20)21)5-12(11)27-15/h1-5H,(H2,23,24,25,26). The maximum atomic E-state index is 13.8. The summed E-state index contributed by atoms with van der Waals surface area (Å²) >= 11 is 0.767. The number of urea groups is 1. The number of aromatic nitrogens is 1. The molecule has 2 amide bonds. The Bertz CT molecular complexity index is 1060. The molecule has 1 aromatic heterocycles. The van der Waals surface area contributed by atoms with E-state index in [0.717, 1.165) is 41.7 Å². The maximum absolute atomic E-state index is 13.8. The third-order valence-electron chi connectivity index (χ3n) is 3.35. The van der Waals surface area contributed by atoms with Gasteiger partial charge in [-0.3, -0.25) is 5.32 Å². The summed E-state index contributed by atoms with van der Waals surface area (Å²) < 4.78 is 65.9. The number of anilines is 2. The second-order valence-electron chi connectivity index (χ2n) is 5.21. The Balaban J connectivity index is 1.80. The van der Waals surface area contributed by atoms with Gasteiger partial charge in [0, 0.05) is 0 Å². The molecule has 11 heteroatoms. The van der Waals surface area contributed by atoms with Crippen molar-refractivity contribution in [3.05, 3.63) is 53.1 Å². The lowest BCUT2D eigenvalue weighted by molar-refractivity contribution is -0.137. The van der Waals surface area contributed by atoms with Crippen LogP contribution in [0, 0.1) is 23.0 Å². The molecule has 0 fully saturated rings. The number of nitrogens with one attached hydrogen (secondary N) is 2. The molecule has 0 aliphatic rings. The molecule has 3 rings (SSSR count). The van der Waals surface area contributed by atoms with E-state index in [4.69, 9.17) is 5.26 Å². The number of amides is 2. The summed E-state index contributed by atoms with van der Waals surface area (Å²) in [7, 11) is 0. The molecule has 0 unspecified atom stereocenters. The lowest BCUT2D eigenvalue weighted by Crippen LogP contribution is -2.21. The summed E-state index contributed by atoms with van der Waals surface area (Å²) in [6.45, 7) is 0. The summed E-state index contributed by atoms with van der Waals surface area (Å²) in [6.07, 6.45) is -4.52. The quantitative estimate of drug-likeness (QED) is 0.589. The number of benzene rings is 2. The molecular formula is C16H7F5N4OS. The number of hydrogen-bond acceptors (Lipinski definition) is 4. The number of halogens is 5. The highest BCUT2D eigenvalue weighted by atomic mass is 32.1. The minimum atomic E-state index is -4.52. The Hall–Kier alpha value is -3.26. The third-order valence-corrected chi connectivity index (χ3v) is 4.28. The van der Waals surface area contributed by atoms with Crippen molar-refractivity contribution >= 4 is 38.4 Å². The number of carbonyl (C=O) groups is 1. The van der Waals surface area contributed by atoms with E-state index in [-0.39, 0.29) is 20.9 Å². The van der Waals surface area contributed by atoms with E-state index >= 15 is 0 Å². The number of thiazole rings is 1.